The molecule has 1 aromatic heterocycles. The van der Waals surface area contributed by atoms with Crippen molar-refractivity contribution in [1.29, 1.82) is 0 Å². The minimum atomic E-state index is -0.114. The van der Waals surface area contributed by atoms with Crippen LogP contribution >= 0.6 is 38.9 Å². The molecule has 0 fully saturated rings. The summed E-state index contributed by atoms with van der Waals surface area (Å²) in [6, 6.07) is 7.13. The van der Waals surface area contributed by atoms with Crippen LogP contribution in [0.25, 0.3) is 0 Å². The molecule has 2 aromatic rings. The summed E-state index contributed by atoms with van der Waals surface area (Å²) in [5.41, 5.74) is 1.69. The summed E-state index contributed by atoms with van der Waals surface area (Å²) in [4.78, 5) is 12.1. The van der Waals surface area contributed by atoms with E-state index in [1.165, 1.54) is 0 Å². The van der Waals surface area contributed by atoms with Gasteiger partial charge in [-0.3, -0.25) is 4.79 Å². The number of nitrogens with one attached hydrogen (secondary N) is 1. The summed E-state index contributed by atoms with van der Waals surface area (Å²) >= 11 is 10.8. The van der Waals surface area contributed by atoms with Gasteiger partial charge in [-0.05, 0) is 63.4 Å². The fraction of sp³-hybridized carbons (Fsp3) is 0.154. The van der Waals surface area contributed by atoms with Gasteiger partial charge in [-0.2, -0.15) is 11.3 Å². The molecule has 94 valence electrons. The first-order valence-electron chi connectivity index (χ1n) is 5.36. The second-order valence-corrected chi connectivity index (χ2v) is 5.95. The van der Waals surface area contributed by atoms with Gasteiger partial charge in [0.25, 0.3) is 5.91 Å². The number of halogens is 2. The van der Waals surface area contributed by atoms with Gasteiger partial charge in [0, 0.05) is 9.50 Å². The van der Waals surface area contributed by atoms with E-state index >= 15 is 0 Å². The highest BCUT2D eigenvalue weighted by molar-refractivity contribution is 9.10. The molecule has 0 aliphatic heterocycles. The number of hydrogen-bond donors (Lipinski definition) is 1. The summed E-state index contributed by atoms with van der Waals surface area (Å²) in [5.74, 6) is -0.114. The lowest BCUT2D eigenvalue weighted by molar-refractivity contribution is 0.0939. The average Bonchev–Trinajstić information content (AvgIpc) is 2.81. The number of amides is 1. The molecule has 0 aliphatic rings. The second-order valence-electron chi connectivity index (χ2n) is 3.88. The number of carbonyl (C=O) groups excluding carboxylic acids is 1. The molecule has 5 heteroatoms. The smallest absolute Gasteiger partial charge is 0.252 e. The van der Waals surface area contributed by atoms with Crippen LogP contribution < -0.4 is 5.32 Å². The summed E-state index contributed by atoms with van der Waals surface area (Å²) in [6.45, 7) is 1.96. The van der Waals surface area contributed by atoms with Crippen molar-refractivity contribution >= 4 is 44.8 Å². The Kier molecular flexibility index (Phi) is 4.43. The van der Waals surface area contributed by atoms with Crippen LogP contribution in [0, 0.1) is 0 Å². The number of benzene rings is 1. The zero-order valence-electron chi connectivity index (χ0n) is 9.61. The molecule has 0 saturated carbocycles. The Hall–Kier alpha value is -0.840. The third-order valence-corrected chi connectivity index (χ3v) is 4.16. The molecule has 2 nitrogen and oxygen atoms in total. The summed E-state index contributed by atoms with van der Waals surface area (Å²) in [6.07, 6.45) is 0. The van der Waals surface area contributed by atoms with Gasteiger partial charge in [0.05, 0.1) is 11.6 Å². The fourth-order valence-corrected chi connectivity index (χ4v) is 3.17. The van der Waals surface area contributed by atoms with Gasteiger partial charge in [0.15, 0.2) is 0 Å². The van der Waals surface area contributed by atoms with E-state index < -0.39 is 0 Å². The highest BCUT2D eigenvalue weighted by Crippen LogP contribution is 2.23. The summed E-state index contributed by atoms with van der Waals surface area (Å²) in [5, 5.41) is 7.58. The van der Waals surface area contributed by atoms with E-state index in [-0.39, 0.29) is 11.9 Å². The van der Waals surface area contributed by atoms with Crippen molar-refractivity contribution in [3.63, 3.8) is 0 Å². The Balaban J connectivity index is 2.12. The topological polar surface area (TPSA) is 29.1 Å². The van der Waals surface area contributed by atoms with Gasteiger partial charge in [0.2, 0.25) is 0 Å². The molecule has 1 atom stereocenters. The van der Waals surface area contributed by atoms with E-state index in [2.05, 4.69) is 21.2 Å². The van der Waals surface area contributed by atoms with Gasteiger partial charge in [-0.1, -0.05) is 11.6 Å². The van der Waals surface area contributed by atoms with Gasteiger partial charge in [-0.15, -0.1) is 0 Å². The predicted octanol–water partition coefficient (Wildman–Crippen LogP) is 4.66. The van der Waals surface area contributed by atoms with Crippen LogP contribution in [0.4, 0.5) is 0 Å². The van der Waals surface area contributed by atoms with Crippen molar-refractivity contribution in [2.75, 3.05) is 0 Å². The lowest BCUT2D eigenvalue weighted by Gasteiger charge is -2.13. The predicted molar refractivity (Wildman–Crippen MR) is 79.4 cm³/mol. The first kappa shape index (κ1) is 13.6. The molecular weight excluding hydrogens is 334 g/mol. The quantitative estimate of drug-likeness (QED) is 0.862. The monoisotopic (exact) mass is 343 g/mol. The molecular formula is C13H11BrClNOS. The van der Waals surface area contributed by atoms with Gasteiger partial charge in [0.1, 0.15) is 0 Å². The van der Waals surface area contributed by atoms with Crippen molar-refractivity contribution < 1.29 is 4.79 Å². The molecule has 0 spiro atoms. The molecule has 1 heterocycles. The van der Waals surface area contributed by atoms with E-state index in [4.69, 9.17) is 11.6 Å². The summed E-state index contributed by atoms with van der Waals surface area (Å²) < 4.78 is 0.699. The van der Waals surface area contributed by atoms with Crippen LogP contribution in [-0.4, -0.2) is 5.91 Å². The lowest BCUT2D eigenvalue weighted by Crippen LogP contribution is -2.26. The van der Waals surface area contributed by atoms with Gasteiger partial charge in [-0.25, -0.2) is 0 Å². The largest absolute Gasteiger partial charge is 0.345 e. The van der Waals surface area contributed by atoms with Crippen molar-refractivity contribution in [3.8, 4) is 0 Å². The Bertz CT molecular complexity index is 556. The number of thiophene rings is 1. The van der Waals surface area contributed by atoms with Crippen molar-refractivity contribution in [2.45, 2.75) is 13.0 Å². The zero-order valence-corrected chi connectivity index (χ0v) is 12.8. The van der Waals surface area contributed by atoms with Crippen LogP contribution in [0.5, 0.6) is 0 Å². The maximum atomic E-state index is 12.1. The number of carbonyl (C=O) groups is 1. The number of rotatable bonds is 3. The van der Waals surface area contributed by atoms with E-state index in [1.54, 1.807) is 29.5 Å². The Morgan fingerprint density at radius 2 is 2.22 bits per heavy atom. The molecule has 0 bridgehead atoms. The molecule has 1 unspecified atom stereocenters. The fourth-order valence-electron chi connectivity index (χ4n) is 1.55. The average molecular weight is 345 g/mol. The van der Waals surface area contributed by atoms with Crippen molar-refractivity contribution in [1.82, 2.24) is 5.32 Å². The van der Waals surface area contributed by atoms with Crippen molar-refractivity contribution in [3.05, 3.63) is 55.6 Å². The van der Waals surface area contributed by atoms with Crippen molar-refractivity contribution in [2.24, 2.45) is 0 Å². The molecule has 1 aromatic carbocycles. The Morgan fingerprint density at radius 3 is 2.83 bits per heavy atom. The second kappa shape index (κ2) is 5.87. The first-order chi connectivity index (χ1) is 8.58. The normalized spacial score (nSPS) is 12.2. The highest BCUT2D eigenvalue weighted by atomic mass is 79.9. The van der Waals surface area contributed by atoms with E-state index in [9.17, 15) is 4.79 Å². The van der Waals surface area contributed by atoms with Gasteiger partial charge >= 0.3 is 0 Å². The van der Waals surface area contributed by atoms with E-state index in [0.29, 0.717) is 15.1 Å². The molecule has 0 aliphatic carbocycles. The maximum absolute atomic E-state index is 12.1. The third-order valence-electron chi connectivity index (χ3n) is 2.57. The lowest BCUT2D eigenvalue weighted by atomic mass is 10.1. The zero-order chi connectivity index (χ0) is 13.1. The molecule has 0 radical (unpaired) electrons. The van der Waals surface area contributed by atoms with E-state index in [1.807, 2.05) is 23.8 Å². The molecule has 1 N–H and O–H groups in total. The summed E-state index contributed by atoms with van der Waals surface area (Å²) in [7, 11) is 0. The SMILES string of the molecule is CC(NC(=O)c1ccc(Cl)cc1Br)c1ccsc1. The maximum Gasteiger partial charge on any atom is 0.252 e. The Morgan fingerprint density at radius 1 is 1.44 bits per heavy atom. The van der Waals surface area contributed by atoms with Crippen LogP contribution in [-0.2, 0) is 0 Å². The number of hydrogen-bond acceptors (Lipinski definition) is 2. The minimum Gasteiger partial charge on any atom is -0.345 e. The molecule has 2 rings (SSSR count). The van der Waals surface area contributed by atoms with Crippen LogP contribution in [0.1, 0.15) is 28.9 Å². The third kappa shape index (κ3) is 3.13. The van der Waals surface area contributed by atoms with Crippen LogP contribution in [0.15, 0.2) is 39.5 Å². The van der Waals surface area contributed by atoms with Crippen LogP contribution in [0.3, 0.4) is 0 Å². The van der Waals surface area contributed by atoms with Gasteiger partial charge < -0.3 is 5.32 Å². The first-order valence-corrected chi connectivity index (χ1v) is 7.47. The molecule has 0 saturated heterocycles. The molecule has 18 heavy (non-hydrogen) atoms. The minimum absolute atomic E-state index is 0.00803. The van der Waals surface area contributed by atoms with E-state index in [0.717, 1.165) is 5.56 Å². The standard InChI is InChI=1S/C13H11BrClNOS/c1-8(9-4-5-18-7-9)16-13(17)11-3-2-10(15)6-12(11)14/h2-8H,1H3,(H,16,17). The Labute approximate surface area is 123 Å². The highest BCUT2D eigenvalue weighted by Gasteiger charge is 2.14. The van der Waals surface area contributed by atoms with Crippen LogP contribution in [0.2, 0.25) is 5.02 Å². The molecule has 1 amide bonds.